The smallest absolute Gasteiger partial charge is 0.376 e. The predicted octanol–water partition coefficient (Wildman–Crippen LogP) is 4.35. The van der Waals surface area contributed by atoms with Gasteiger partial charge < -0.3 is 4.74 Å². The van der Waals surface area contributed by atoms with Crippen molar-refractivity contribution in [1.82, 2.24) is 0 Å². The minimum Gasteiger partial charge on any atom is -0.376 e. The first-order chi connectivity index (χ1) is 8.50. The van der Waals surface area contributed by atoms with Gasteiger partial charge in [-0.25, -0.2) is 0 Å². The van der Waals surface area contributed by atoms with E-state index in [0.717, 1.165) is 12.5 Å². The molecule has 0 bridgehead atoms. The van der Waals surface area contributed by atoms with Crippen LogP contribution < -0.4 is 0 Å². The summed E-state index contributed by atoms with van der Waals surface area (Å²) in [6, 6.07) is 9.65. The number of ether oxygens (including phenoxy) is 1. The molecular weight excluding hydrogens is 241 g/mol. The zero-order valence-electron chi connectivity index (χ0n) is 10.3. The summed E-state index contributed by atoms with van der Waals surface area (Å²) in [6.07, 6.45) is -0.969. The average Bonchev–Trinajstić information content (AvgIpc) is 2.33. The highest BCUT2D eigenvalue weighted by atomic mass is 19.4. The molecule has 100 valence electrons. The molecule has 18 heavy (non-hydrogen) atoms. The highest BCUT2D eigenvalue weighted by Crippen LogP contribution is 2.26. The maximum Gasteiger partial charge on any atom is 0.394 e. The lowest BCUT2D eigenvalue weighted by atomic mass is 10.1. The van der Waals surface area contributed by atoms with Gasteiger partial charge in [0.15, 0.2) is 0 Å². The molecule has 0 N–H and O–H groups in total. The van der Waals surface area contributed by atoms with Gasteiger partial charge in [0, 0.05) is 0 Å². The summed E-state index contributed by atoms with van der Waals surface area (Å²) < 4.78 is 41.8. The first kappa shape index (κ1) is 14.8. The van der Waals surface area contributed by atoms with Crippen LogP contribution in [0.25, 0.3) is 0 Å². The molecule has 1 aromatic carbocycles. The van der Waals surface area contributed by atoms with Crippen molar-refractivity contribution in [3.05, 3.63) is 48.0 Å². The largest absolute Gasteiger partial charge is 0.394 e. The Morgan fingerprint density at radius 1 is 1.22 bits per heavy atom. The van der Waals surface area contributed by atoms with Gasteiger partial charge in [-0.1, -0.05) is 49.4 Å². The number of hydrogen-bond donors (Lipinski definition) is 0. The zero-order valence-corrected chi connectivity index (χ0v) is 10.3. The number of rotatable bonds is 6. The number of alkyl halides is 3. The quantitative estimate of drug-likeness (QED) is 0.544. The second-order valence-corrected chi connectivity index (χ2v) is 4.09. The van der Waals surface area contributed by atoms with E-state index >= 15 is 0 Å². The van der Waals surface area contributed by atoms with Crippen molar-refractivity contribution >= 4 is 0 Å². The molecule has 0 fully saturated rings. The lowest BCUT2D eigenvalue weighted by Gasteiger charge is -2.10. The van der Waals surface area contributed by atoms with Gasteiger partial charge in [-0.15, -0.1) is 0 Å². The molecule has 0 saturated carbocycles. The molecule has 0 aliphatic rings. The molecule has 1 atom stereocenters. The minimum absolute atomic E-state index is 0.427. The molecule has 0 aromatic heterocycles. The van der Waals surface area contributed by atoms with Gasteiger partial charge in [-0.3, -0.25) is 0 Å². The van der Waals surface area contributed by atoms with Crippen LogP contribution in [-0.4, -0.2) is 12.8 Å². The van der Waals surface area contributed by atoms with Crippen LogP contribution in [0.4, 0.5) is 13.2 Å². The second-order valence-electron chi connectivity index (χ2n) is 4.09. The van der Waals surface area contributed by atoms with Crippen LogP contribution in [0, 0.1) is 5.92 Å². The molecule has 0 aliphatic carbocycles. The molecule has 4 heteroatoms. The van der Waals surface area contributed by atoms with Gasteiger partial charge in [-0.05, 0) is 12.0 Å². The minimum atomic E-state index is -4.15. The van der Waals surface area contributed by atoms with Crippen LogP contribution in [0.2, 0.25) is 0 Å². The van der Waals surface area contributed by atoms with E-state index in [-0.39, 0.29) is 0 Å². The van der Waals surface area contributed by atoms with E-state index in [0.29, 0.717) is 19.6 Å². The number of hydrogen-bond acceptors (Lipinski definition) is 1. The van der Waals surface area contributed by atoms with Gasteiger partial charge in [0.2, 0.25) is 0 Å². The third-order valence-electron chi connectivity index (χ3n) is 2.48. The average molecular weight is 258 g/mol. The van der Waals surface area contributed by atoms with E-state index in [1.807, 2.05) is 30.3 Å². The summed E-state index contributed by atoms with van der Waals surface area (Å²) in [5.74, 6) is -1.40. The fraction of sp³-hybridized carbons (Fsp3) is 0.429. The van der Waals surface area contributed by atoms with Crippen molar-refractivity contribution in [1.29, 1.82) is 0 Å². The van der Waals surface area contributed by atoms with E-state index in [2.05, 4.69) is 0 Å². The number of allylic oxidation sites excluding steroid dienone is 1. The molecule has 0 unspecified atom stereocenters. The normalized spacial score (nSPS) is 14.0. The van der Waals surface area contributed by atoms with E-state index in [1.54, 1.807) is 0 Å². The lowest BCUT2D eigenvalue weighted by Crippen LogP contribution is -2.17. The van der Waals surface area contributed by atoms with Crippen molar-refractivity contribution in [2.45, 2.75) is 26.1 Å². The Labute approximate surface area is 105 Å². The Morgan fingerprint density at radius 3 is 2.50 bits per heavy atom. The van der Waals surface area contributed by atoms with Gasteiger partial charge in [-0.2, -0.15) is 13.2 Å². The fourth-order valence-electron chi connectivity index (χ4n) is 1.33. The van der Waals surface area contributed by atoms with Crippen LogP contribution in [0.5, 0.6) is 0 Å². The van der Waals surface area contributed by atoms with Gasteiger partial charge >= 0.3 is 6.18 Å². The summed E-state index contributed by atoms with van der Waals surface area (Å²) >= 11 is 0. The topological polar surface area (TPSA) is 9.23 Å². The van der Waals surface area contributed by atoms with Gasteiger partial charge in [0.25, 0.3) is 0 Å². The van der Waals surface area contributed by atoms with E-state index < -0.39 is 12.1 Å². The molecule has 0 radical (unpaired) electrons. The monoisotopic (exact) mass is 258 g/mol. The maximum atomic E-state index is 12.2. The molecule has 0 aliphatic heterocycles. The van der Waals surface area contributed by atoms with Crippen molar-refractivity contribution in [3.63, 3.8) is 0 Å². The third-order valence-corrected chi connectivity index (χ3v) is 2.48. The summed E-state index contributed by atoms with van der Waals surface area (Å²) in [5, 5.41) is 0. The molecule has 0 saturated heterocycles. The van der Waals surface area contributed by atoms with Gasteiger partial charge in [0.05, 0.1) is 19.1 Å². The van der Waals surface area contributed by atoms with Crippen LogP contribution in [0.3, 0.4) is 0 Å². The molecule has 0 heterocycles. The van der Waals surface area contributed by atoms with Crippen LogP contribution in [-0.2, 0) is 11.3 Å². The fourth-order valence-corrected chi connectivity index (χ4v) is 1.33. The Bertz CT molecular complexity index is 357. The highest BCUT2D eigenvalue weighted by Gasteiger charge is 2.33. The Morgan fingerprint density at radius 2 is 1.89 bits per heavy atom. The van der Waals surface area contributed by atoms with Crippen molar-refractivity contribution in [2.24, 2.45) is 5.92 Å². The molecule has 0 amide bonds. The van der Waals surface area contributed by atoms with Crippen LogP contribution in [0.15, 0.2) is 42.5 Å². The Kier molecular flexibility index (Phi) is 5.92. The summed E-state index contributed by atoms with van der Waals surface area (Å²) in [4.78, 5) is 0. The van der Waals surface area contributed by atoms with Crippen LogP contribution in [0.1, 0.15) is 18.9 Å². The zero-order chi connectivity index (χ0) is 13.4. The SMILES string of the molecule is C[C@@H](/C=C/CCOCc1ccccc1)C(F)(F)F. The van der Waals surface area contributed by atoms with Crippen molar-refractivity contribution in [3.8, 4) is 0 Å². The number of halogens is 3. The molecule has 1 nitrogen and oxygen atoms in total. The lowest BCUT2D eigenvalue weighted by molar-refractivity contribution is -0.156. The Balaban J connectivity index is 2.14. The molecule has 0 spiro atoms. The standard InChI is InChI=1S/C14H17F3O/c1-12(14(15,16)17)7-5-6-10-18-11-13-8-3-2-4-9-13/h2-5,7-9,12H,6,10-11H2,1H3/b7-5+/t12-/m0/s1. The Hall–Kier alpha value is -1.29. The van der Waals surface area contributed by atoms with E-state index in [9.17, 15) is 13.2 Å². The van der Waals surface area contributed by atoms with Crippen molar-refractivity contribution < 1.29 is 17.9 Å². The maximum absolute atomic E-state index is 12.2. The molecule has 1 rings (SSSR count). The first-order valence-corrected chi connectivity index (χ1v) is 5.85. The van der Waals surface area contributed by atoms with E-state index in [4.69, 9.17) is 4.74 Å². The molecular formula is C14H17F3O. The second kappa shape index (κ2) is 7.21. The van der Waals surface area contributed by atoms with Crippen LogP contribution >= 0.6 is 0 Å². The third kappa shape index (κ3) is 5.87. The molecule has 1 aromatic rings. The summed E-state index contributed by atoms with van der Waals surface area (Å²) in [6.45, 7) is 2.06. The van der Waals surface area contributed by atoms with Gasteiger partial charge in [0.1, 0.15) is 0 Å². The summed E-state index contributed by atoms with van der Waals surface area (Å²) in [7, 11) is 0. The highest BCUT2D eigenvalue weighted by molar-refractivity contribution is 5.13. The van der Waals surface area contributed by atoms with Crippen molar-refractivity contribution in [2.75, 3.05) is 6.61 Å². The summed E-state index contributed by atoms with van der Waals surface area (Å²) in [5.41, 5.74) is 1.06. The first-order valence-electron chi connectivity index (χ1n) is 5.85. The number of benzene rings is 1. The predicted molar refractivity (Wildman–Crippen MR) is 65.1 cm³/mol. The van der Waals surface area contributed by atoms with E-state index in [1.165, 1.54) is 12.2 Å².